The first-order valence-electron chi connectivity index (χ1n) is 6.47. The molecule has 7 nitrogen and oxygen atoms in total. The highest BCUT2D eigenvalue weighted by atomic mass is 16.2. The van der Waals surface area contributed by atoms with Gasteiger partial charge >= 0.3 is 0 Å². The Bertz CT molecular complexity index is 623. The molecule has 1 aromatic carbocycles. The second-order valence-electron chi connectivity index (χ2n) is 4.62. The van der Waals surface area contributed by atoms with Crippen LogP contribution in [0.2, 0.25) is 0 Å². The molecule has 1 unspecified atom stereocenters. The monoisotopic (exact) mass is 287 g/mol. The van der Waals surface area contributed by atoms with E-state index in [1.807, 2.05) is 36.5 Å². The fourth-order valence-electron chi connectivity index (χ4n) is 1.80. The molecule has 2 aromatic rings. The summed E-state index contributed by atoms with van der Waals surface area (Å²) in [6.07, 6.45) is 3.30. The van der Waals surface area contributed by atoms with Gasteiger partial charge in [0.25, 0.3) is 0 Å². The molecule has 5 N–H and O–H groups in total. The Balaban J connectivity index is 1.91. The van der Waals surface area contributed by atoms with Crippen molar-refractivity contribution in [2.75, 3.05) is 0 Å². The molecule has 1 heterocycles. The van der Waals surface area contributed by atoms with E-state index in [0.29, 0.717) is 0 Å². The molecule has 110 valence electrons. The molecule has 1 aromatic heterocycles. The molecule has 1 atom stereocenters. The molecule has 0 saturated heterocycles. The summed E-state index contributed by atoms with van der Waals surface area (Å²) in [5, 5.41) is 6.86. The summed E-state index contributed by atoms with van der Waals surface area (Å²) in [7, 11) is 0. The van der Waals surface area contributed by atoms with Gasteiger partial charge in [-0.2, -0.15) is 5.10 Å². The van der Waals surface area contributed by atoms with Crippen molar-refractivity contribution in [1.29, 1.82) is 0 Å². The van der Waals surface area contributed by atoms with E-state index in [4.69, 9.17) is 11.5 Å². The SMILES string of the molecule is NC(=O)CC(N)C(=O)NCc1cnn(-c2ccccc2)c1. The van der Waals surface area contributed by atoms with Crippen molar-refractivity contribution in [2.45, 2.75) is 19.0 Å². The van der Waals surface area contributed by atoms with Gasteiger partial charge in [0.2, 0.25) is 11.8 Å². The maximum atomic E-state index is 11.7. The first-order chi connectivity index (χ1) is 10.1. The molecule has 7 heteroatoms. The number of nitrogens with two attached hydrogens (primary N) is 2. The number of rotatable bonds is 6. The number of carbonyl (C=O) groups excluding carboxylic acids is 2. The fourth-order valence-corrected chi connectivity index (χ4v) is 1.80. The largest absolute Gasteiger partial charge is 0.370 e. The van der Waals surface area contributed by atoms with Crippen molar-refractivity contribution in [1.82, 2.24) is 15.1 Å². The van der Waals surface area contributed by atoms with E-state index in [-0.39, 0.29) is 13.0 Å². The number of carbonyl (C=O) groups is 2. The van der Waals surface area contributed by atoms with Crippen molar-refractivity contribution in [3.63, 3.8) is 0 Å². The zero-order valence-electron chi connectivity index (χ0n) is 11.4. The van der Waals surface area contributed by atoms with Crippen molar-refractivity contribution in [2.24, 2.45) is 11.5 Å². The second-order valence-corrected chi connectivity index (χ2v) is 4.62. The van der Waals surface area contributed by atoms with Gasteiger partial charge in [0.15, 0.2) is 0 Å². The van der Waals surface area contributed by atoms with E-state index in [1.54, 1.807) is 10.9 Å². The highest BCUT2D eigenvalue weighted by Crippen LogP contribution is 2.07. The number of primary amides is 1. The molecule has 0 aliphatic carbocycles. The van der Waals surface area contributed by atoms with E-state index in [1.165, 1.54) is 0 Å². The number of nitrogens with one attached hydrogen (secondary N) is 1. The van der Waals surface area contributed by atoms with Gasteiger partial charge in [0, 0.05) is 18.3 Å². The van der Waals surface area contributed by atoms with Crippen LogP contribution in [-0.2, 0) is 16.1 Å². The van der Waals surface area contributed by atoms with E-state index in [9.17, 15) is 9.59 Å². The summed E-state index contributed by atoms with van der Waals surface area (Å²) >= 11 is 0. The minimum Gasteiger partial charge on any atom is -0.370 e. The van der Waals surface area contributed by atoms with E-state index < -0.39 is 17.9 Å². The quantitative estimate of drug-likeness (QED) is 0.675. The molecular formula is C14H17N5O2. The lowest BCUT2D eigenvalue weighted by Crippen LogP contribution is -2.42. The predicted octanol–water partition coefficient (Wildman–Crippen LogP) is -0.309. The average Bonchev–Trinajstić information content (AvgIpc) is 2.94. The normalized spacial score (nSPS) is 11.9. The van der Waals surface area contributed by atoms with Gasteiger partial charge in [-0.05, 0) is 12.1 Å². The number of nitrogens with zero attached hydrogens (tertiary/aromatic N) is 2. The smallest absolute Gasteiger partial charge is 0.237 e. The Morgan fingerprint density at radius 3 is 2.67 bits per heavy atom. The summed E-state index contributed by atoms with van der Waals surface area (Å²) in [4.78, 5) is 22.4. The summed E-state index contributed by atoms with van der Waals surface area (Å²) in [5.41, 5.74) is 12.3. The Morgan fingerprint density at radius 1 is 1.29 bits per heavy atom. The van der Waals surface area contributed by atoms with Gasteiger partial charge in [-0.15, -0.1) is 0 Å². The van der Waals surface area contributed by atoms with Gasteiger partial charge in [0.1, 0.15) is 0 Å². The molecule has 0 saturated carbocycles. The van der Waals surface area contributed by atoms with Gasteiger partial charge in [0.05, 0.1) is 24.3 Å². The third-order valence-electron chi connectivity index (χ3n) is 2.88. The van der Waals surface area contributed by atoms with Crippen molar-refractivity contribution in [3.05, 3.63) is 48.3 Å². The van der Waals surface area contributed by atoms with Crippen LogP contribution in [0.3, 0.4) is 0 Å². The maximum Gasteiger partial charge on any atom is 0.237 e. The summed E-state index contributed by atoms with van der Waals surface area (Å²) in [6.45, 7) is 0.290. The lowest BCUT2D eigenvalue weighted by molar-refractivity contribution is -0.126. The number of para-hydroxylation sites is 1. The number of aromatic nitrogens is 2. The Hall–Kier alpha value is -2.67. The molecule has 21 heavy (non-hydrogen) atoms. The lowest BCUT2D eigenvalue weighted by atomic mass is 10.2. The van der Waals surface area contributed by atoms with Crippen LogP contribution in [0.25, 0.3) is 5.69 Å². The van der Waals surface area contributed by atoms with Crippen LogP contribution in [0.1, 0.15) is 12.0 Å². The van der Waals surface area contributed by atoms with Gasteiger partial charge in [-0.1, -0.05) is 18.2 Å². The minimum atomic E-state index is -0.924. The summed E-state index contributed by atoms with van der Waals surface area (Å²) in [5.74, 6) is -1.02. The van der Waals surface area contributed by atoms with Crippen LogP contribution in [-0.4, -0.2) is 27.6 Å². The van der Waals surface area contributed by atoms with Crippen LogP contribution >= 0.6 is 0 Å². The van der Waals surface area contributed by atoms with Crippen LogP contribution in [0.15, 0.2) is 42.7 Å². The highest BCUT2D eigenvalue weighted by Gasteiger charge is 2.15. The molecule has 0 radical (unpaired) electrons. The topological polar surface area (TPSA) is 116 Å². The van der Waals surface area contributed by atoms with Crippen LogP contribution in [0.5, 0.6) is 0 Å². The van der Waals surface area contributed by atoms with Gasteiger partial charge in [-0.3, -0.25) is 9.59 Å². The fraction of sp³-hybridized carbons (Fsp3) is 0.214. The van der Waals surface area contributed by atoms with Gasteiger partial charge in [-0.25, -0.2) is 4.68 Å². The van der Waals surface area contributed by atoms with Crippen LogP contribution < -0.4 is 16.8 Å². The maximum absolute atomic E-state index is 11.7. The van der Waals surface area contributed by atoms with E-state index in [0.717, 1.165) is 11.3 Å². The first-order valence-corrected chi connectivity index (χ1v) is 6.47. The Kier molecular flexibility index (Phi) is 4.68. The molecule has 0 fully saturated rings. The second kappa shape index (κ2) is 6.67. The summed E-state index contributed by atoms with van der Waals surface area (Å²) in [6, 6.07) is 8.69. The third-order valence-corrected chi connectivity index (χ3v) is 2.88. The van der Waals surface area contributed by atoms with Crippen molar-refractivity contribution < 1.29 is 9.59 Å². The Morgan fingerprint density at radius 2 is 2.00 bits per heavy atom. The zero-order chi connectivity index (χ0) is 15.2. The van der Waals surface area contributed by atoms with Crippen molar-refractivity contribution >= 4 is 11.8 Å². The molecule has 2 amide bonds. The first kappa shape index (κ1) is 14.7. The van der Waals surface area contributed by atoms with Gasteiger partial charge < -0.3 is 16.8 Å². The number of benzene rings is 1. The van der Waals surface area contributed by atoms with Crippen molar-refractivity contribution in [3.8, 4) is 5.69 Å². The average molecular weight is 287 g/mol. The van der Waals surface area contributed by atoms with Crippen LogP contribution in [0.4, 0.5) is 0 Å². The molecule has 0 spiro atoms. The van der Waals surface area contributed by atoms with Crippen LogP contribution in [0, 0.1) is 0 Å². The predicted molar refractivity (Wildman–Crippen MR) is 77.2 cm³/mol. The minimum absolute atomic E-state index is 0.172. The highest BCUT2D eigenvalue weighted by molar-refractivity contribution is 5.87. The lowest BCUT2D eigenvalue weighted by Gasteiger charge is -2.09. The number of hydrogen-bond donors (Lipinski definition) is 3. The van der Waals surface area contributed by atoms with E-state index >= 15 is 0 Å². The van der Waals surface area contributed by atoms with E-state index in [2.05, 4.69) is 10.4 Å². The number of amides is 2. The Labute approximate surface area is 121 Å². The summed E-state index contributed by atoms with van der Waals surface area (Å²) < 4.78 is 1.71. The third kappa shape index (κ3) is 4.15. The zero-order valence-corrected chi connectivity index (χ0v) is 11.4. The molecule has 0 bridgehead atoms. The molecule has 2 rings (SSSR count). The molecular weight excluding hydrogens is 270 g/mol. The molecule has 0 aliphatic heterocycles. The number of hydrogen-bond acceptors (Lipinski definition) is 4. The standard InChI is InChI=1S/C14H17N5O2/c15-12(6-13(16)20)14(21)17-7-10-8-18-19(9-10)11-4-2-1-3-5-11/h1-5,8-9,12H,6-7,15H2,(H2,16,20)(H,17,21). The molecule has 0 aliphatic rings.